The van der Waals surface area contributed by atoms with Crippen molar-refractivity contribution >= 4 is 0 Å². The lowest BCUT2D eigenvalue weighted by Gasteiger charge is -2.33. The van der Waals surface area contributed by atoms with E-state index in [0.29, 0.717) is 19.4 Å². The van der Waals surface area contributed by atoms with Gasteiger partial charge in [-0.1, -0.05) is 18.2 Å². The molecule has 0 N–H and O–H groups in total. The molecule has 2 fully saturated rings. The first-order valence-electron chi connectivity index (χ1n) is 6.99. The van der Waals surface area contributed by atoms with E-state index in [1.165, 1.54) is 12.1 Å². The van der Waals surface area contributed by atoms with Gasteiger partial charge in [0.2, 0.25) is 0 Å². The third-order valence-corrected chi connectivity index (χ3v) is 4.58. The summed E-state index contributed by atoms with van der Waals surface area (Å²) in [5.41, 5.74) is -1.50. The molecule has 6 heteroatoms. The molecule has 1 atom stereocenters. The van der Waals surface area contributed by atoms with Crippen LogP contribution in [-0.4, -0.2) is 23.9 Å². The van der Waals surface area contributed by atoms with Crippen LogP contribution in [-0.2, 0) is 12.7 Å². The number of likely N-dealkylation sites (tertiary alicyclic amines) is 1. The zero-order chi connectivity index (χ0) is 15.3. The Balaban J connectivity index is 1.76. The van der Waals surface area contributed by atoms with Crippen LogP contribution in [0.4, 0.5) is 22.0 Å². The summed E-state index contributed by atoms with van der Waals surface area (Å²) < 4.78 is 65.7. The molecular formula is C15H16F5N. The number of halogens is 5. The van der Waals surface area contributed by atoms with Crippen LogP contribution in [0.15, 0.2) is 24.3 Å². The van der Waals surface area contributed by atoms with Gasteiger partial charge >= 0.3 is 6.18 Å². The number of benzene rings is 1. The Kier molecular flexibility index (Phi) is 3.28. The van der Waals surface area contributed by atoms with Crippen LogP contribution in [0.1, 0.15) is 30.4 Å². The minimum absolute atomic E-state index is 0.0769. The number of hydrogen-bond acceptors (Lipinski definition) is 1. The Morgan fingerprint density at radius 2 is 1.81 bits per heavy atom. The second-order valence-electron chi connectivity index (χ2n) is 6.13. The van der Waals surface area contributed by atoms with E-state index >= 15 is 0 Å². The zero-order valence-electron chi connectivity index (χ0n) is 11.4. The average molecular weight is 305 g/mol. The molecule has 21 heavy (non-hydrogen) atoms. The molecule has 1 spiro atoms. The Morgan fingerprint density at radius 3 is 2.43 bits per heavy atom. The average Bonchev–Trinajstić information content (AvgIpc) is 2.88. The Hall–Kier alpha value is -1.17. The maximum atomic E-state index is 13.4. The summed E-state index contributed by atoms with van der Waals surface area (Å²) in [7, 11) is 0. The van der Waals surface area contributed by atoms with Gasteiger partial charge < -0.3 is 0 Å². The van der Waals surface area contributed by atoms with Gasteiger partial charge in [-0.2, -0.15) is 13.2 Å². The van der Waals surface area contributed by atoms with E-state index < -0.39 is 23.1 Å². The van der Waals surface area contributed by atoms with Gasteiger partial charge in [-0.25, -0.2) is 8.78 Å². The van der Waals surface area contributed by atoms with Crippen LogP contribution in [0.25, 0.3) is 0 Å². The number of alkyl halides is 5. The predicted octanol–water partition coefficient (Wildman–Crippen LogP) is 4.33. The van der Waals surface area contributed by atoms with Crippen molar-refractivity contribution in [2.24, 2.45) is 5.41 Å². The molecule has 0 bridgehead atoms. The quantitative estimate of drug-likeness (QED) is 0.735. The predicted molar refractivity (Wildman–Crippen MR) is 68.0 cm³/mol. The van der Waals surface area contributed by atoms with Crippen molar-refractivity contribution in [2.45, 2.75) is 37.9 Å². The molecule has 0 aromatic heterocycles. The van der Waals surface area contributed by atoms with Crippen LogP contribution >= 0.6 is 0 Å². The van der Waals surface area contributed by atoms with Gasteiger partial charge in [0.05, 0.1) is 11.0 Å². The molecule has 1 aromatic carbocycles. The molecule has 1 aliphatic heterocycles. The summed E-state index contributed by atoms with van der Waals surface area (Å²) >= 11 is 0. The van der Waals surface area contributed by atoms with Gasteiger partial charge in [0.25, 0.3) is 5.92 Å². The monoisotopic (exact) mass is 305 g/mol. The first-order valence-corrected chi connectivity index (χ1v) is 6.99. The van der Waals surface area contributed by atoms with Crippen molar-refractivity contribution in [3.63, 3.8) is 0 Å². The van der Waals surface area contributed by atoms with Crippen molar-refractivity contribution in [3.8, 4) is 0 Å². The van der Waals surface area contributed by atoms with E-state index in [1.54, 1.807) is 11.0 Å². The first kappa shape index (κ1) is 14.8. The normalized spacial score (nSPS) is 28.8. The topological polar surface area (TPSA) is 3.24 Å². The molecular weight excluding hydrogens is 289 g/mol. The van der Waals surface area contributed by atoms with E-state index in [2.05, 4.69) is 0 Å². The molecule has 2 aliphatic rings. The lowest BCUT2D eigenvalue weighted by Crippen LogP contribution is -2.38. The molecule has 0 amide bonds. The SMILES string of the molecule is FC(F)(F)c1ccccc1CN1CCCC2(C1)CC2(F)F. The van der Waals surface area contributed by atoms with Crippen molar-refractivity contribution in [3.05, 3.63) is 35.4 Å². The first-order chi connectivity index (χ1) is 9.74. The van der Waals surface area contributed by atoms with Crippen molar-refractivity contribution in [2.75, 3.05) is 13.1 Å². The number of hydrogen-bond donors (Lipinski definition) is 0. The highest BCUT2D eigenvalue weighted by Crippen LogP contribution is 2.64. The molecule has 1 saturated heterocycles. The largest absolute Gasteiger partial charge is 0.416 e. The van der Waals surface area contributed by atoms with E-state index in [-0.39, 0.29) is 25.1 Å². The molecule has 1 nitrogen and oxygen atoms in total. The molecule has 0 radical (unpaired) electrons. The highest BCUT2D eigenvalue weighted by Gasteiger charge is 2.71. The molecule has 3 rings (SSSR count). The van der Waals surface area contributed by atoms with E-state index in [0.717, 1.165) is 6.07 Å². The van der Waals surface area contributed by atoms with Crippen molar-refractivity contribution in [1.29, 1.82) is 0 Å². The van der Waals surface area contributed by atoms with Crippen LogP contribution in [0.2, 0.25) is 0 Å². The van der Waals surface area contributed by atoms with E-state index in [9.17, 15) is 22.0 Å². The highest BCUT2D eigenvalue weighted by molar-refractivity contribution is 5.29. The summed E-state index contributed by atoms with van der Waals surface area (Å²) in [5, 5.41) is 0. The van der Waals surface area contributed by atoms with Crippen LogP contribution in [0.5, 0.6) is 0 Å². The van der Waals surface area contributed by atoms with Crippen LogP contribution in [0.3, 0.4) is 0 Å². The Bertz CT molecular complexity index is 539. The molecule has 1 aromatic rings. The van der Waals surface area contributed by atoms with E-state index in [4.69, 9.17) is 0 Å². The fourth-order valence-electron chi connectivity index (χ4n) is 3.36. The fourth-order valence-corrected chi connectivity index (χ4v) is 3.36. The molecule has 116 valence electrons. The fraction of sp³-hybridized carbons (Fsp3) is 0.600. The second kappa shape index (κ2) is 4.66. The Labute approximate surface area is 119 Å². The van der Waals surface area contributed by atoms with Gasteiger partial charge in [0.15, 0.2) is 0 Å². The van der Waals surface area contributed by atoms with Crippen LogP contribution in [0, 0.1) is 5.41 Å². The third-order valence-electron chi connectivity index (χ3n) is 4.58. The lowest BCUT2D eigenvalue weighted by atomic mass is 9.93. The van der Waals surface area contributed by atoms with Crippen molar-refractivity contribution < 1.29 is 22.0 Å². The zero-order valence-corrected chi connectivity index (χ0v) is 11.4. The number of nitrogens with zero attached hydrogens (tertiary/aromatic N) is 1. The number of rotatable bonds is 2. The second-order valence-corrected chi connectivity index (χ2v) is 6.13. The summed E-state index contributed by atoms with van der Waals surface area (Å²) in [6.45, 7) is 0.837. The highest BCUT2D eigenvalue weighted by atomic mass is 19.4. The van der Waals surface area contributed by atoms with E-state index in [1.807, 2.05) is 0 Å². The third kappa shape index (κ3) is 2.65. The van der Waals surface area contributed by atoms with Gasteiger partial charge in [-0.3, -0.25) is 4.90 Å². The molecule has 1 heterocycles. The van der Waals surface area contributed by atoms with Gasteiger partial charge in [-0.15, -0.1) is 0 Å². The maximum Gasteiger partial charge on any atom is 0.416 e. The minimum Gasteiger partial charge on any atom is -0.298 e. The van der Waals surface area contributed by atoms with Gasteiger partial charge in [-0.05, 0) is 31.0 Å². The lowest BCUT2D eigenvalue weighted by molar-refractivity contribution is -0.138. The molecule has 1 unspecified atom stereocenters. The standard InChI is InChI=1S/C15H16F5N/c16-14(17)9-13(14)6-3-7-21(10-13)8-11-4-1-2-5-12(11)15(18,19)20/h1-2,4-5H,3,6-10H2. The number of piperidine rings is 1. The summed E-state index contributed by atoms with van der Waals surface area (Å²) in [6.07, 6.45) is -3.45. The maximum absolute atomic E-state index is 13.4. The minimum atomic E-state index is -4.41. The van der Waals surface area contributed by atoms with Gasteiger partial charge in [0.1, 0.15) is 0 Å². The summed E-state index contributed by atoms with van der Waals surface area (Å²) in [4.78, 5) is 1.73. The van der Waals surface area contributed by atoms with Crippen molar-refractivity contribution in [1.82, 2.24) is 4.90 Å². The molecule has 1 aliphatic carbocycles. The van der Waals surface area contributed by atoms with Crippen LogP contribution < -0.4 is 0 Å². The van der Waals surface area contributed by atoms with Gasteiger partial charge in [0, 0.05) is 19.5 Å². The Morgan fingerprint density at radius 1 is 1.14 bits per heavy atom. The smallest absolute Gasteiger partial charge is 0.298 e. The summed E-state index contributed by atoms with van der Waals surface area (Å²) in [6, 6.07) is 5.37. The summed E-state index contributed by atoms with van der Waals surface area (Å²) in [5.74, 6) is -2.64. The molecule has 1 saturated carbocycles.